The summed E-state index contributed by atoms with van der Waals surface area (Å²) in [4.78, 5) is 26.1. The predicted molar refractivity (Wildman–Crippen MR) is 84.1 cm³/mol. The van der Waals surface area contributed by atoms with E-state index in [1.54, 1.807) is 12.1 Å². The van der Waals surface area contributed by atoms with Crippen molar-refractivity contribution < 1.29 is 9.59 Å². The van der Waals surface area contributed by atoms with Crippen LogP contribution in [0.3, 0.4) is 0 Å². The van der Waals surface area contributed by atoms with Gasteiger partial charge < -0.3 is 0 Å². The summed E-state index contributed by atoms with van der Waals surface area (Å²) in [5.41, 5.74) is 0.597. The topological polar surface area (TPSA) is 49.4 Å². The minimum Gasteiger partial charge on any atom is -0.300 e. The molecule has 2 rings (SSSR count). The van der Waals surface area contributed by atoms with E-state index >= 15 is 0 Å². The number of para-hydroxylation sites is 1. The summed E-state index contributed by atoms with van der Waals surface area (Å²) in [6, 6.07) is 8.74. The average molecular weight is 288 g/mol. The number of carbonyl (C=O) groups is 2. The van der Waals surface area contributed by atoms with Crippen LogP contribution in [-0.2, 0) is 9.59 Å². The lowest BCUT2D eigenvalue weighted by Gasteiger charge is -2.34. The Morgan fingerprint density at radius 2 is 1.67 bits per heavy atom. The van der Waals surface area contributed by atoms with E-state index in [9.17, 15) is 9.59 Å². The van der Waals surface area contributed by atoms with Gasteiger partial charge >= 0.3 is 0 Å². The fourth-order valence-corrected chi connectivity index (χ4v) is 3.02. The average Bonchev–Trinajstić information content (AvgIpc) is 2.80. The fraction of sp³-hybridized carbons (Fsp3) is 0.529. The molecular formula is C17H24N2O2. The van der Waals surface area contributed by atoms with Gasteiger partial charge in [-0.15, -0.1) is 0 Å². The van der Waals surface area contributed by atoms with Crippen LogP contribution in [0.2, 0.25) is 0 Å². The zero-order valence-corrected chi connectivity index (χ0v) is 13.1. The third-order valence-electron chi connectivity index (χ3n) is 4.67. The second-order valence-corrected chi connectivity index (χ2v) is 5.64. The maximum Gasteiger partial charge on any atom is 0.251 e. The molecule has 1 aliphatic rings. The highest BCUT2D eigenvalue weighted by molar-refractivity contribution is 6.22. The Bertz CT molecular complexity index is 501. The molecule has 0 bridgehead atoms. The molecule has 4 nitrogen and oxygen atoms in total. The van der Waals surface area contributed by atoms with Gasteiger partial charge in [0.1, 0.15) is 0 Å². The number of anilines is 1. The largest absolute Gasteiger partial charge is 0.300 e. The van der Waals surface area contributed by atoms with Crippen LogP contribution >= 0.6 is 0 Å². The van der Waals surface area contributed by atoms with Gasteiger partial charge in [0.15, 0.2) is 0 Å². The predicted octanol–water partition coefficient (Wildman–Crippen LogP) is 2.88. The first-order valence-electron chi connectivity index (χ1n) is 7.76. The number of benzene rings is 1. The minimum atomic E-state index is -0.405. The summed E-state index contributed by atoms with van der Waals surface area (Å²) in [5.74, 6) is -0.258. The van der Waals surface area contributed by atoms with E-state index < -0.39 is 6.04 Å². The van der Waals surface area contributed by atoms with Crippen LogP contribution in [0.25, 0.3) is 0 Å². The van der Waals surface area contributed by atoms with Crippen molar-refractivity contribution in [3.8, 4) is 0 Å². The van der Waals surface area contributed by atoms with Crippen molar-refractivity contribution in [2.45, 2.75) is 58.0 Å². The third kappa shape index (κ3) is 3.00. The molecule has 0 aliphatic carbocycles. The van der Waals surface area contributed by atoms with E-state index in [4.69, 9.17) is 0 Å². The highest BCUT2D eigenvalue weighted by Crippen LogP contribution is 2.26. The number of imide groups is 1. The van der Waals surface area contributed by atoms with Gasteiger partial charge in [-0.3, -0.25) is 14.9 Å². The number of hydrogen-bond acceptors (Lipinski definition) is 3. The zero-order valence-electron chi connectivity index (χ0n) is 13.1. The first kappa shape index (κ1) is 15.7. The van der Waals surface area contributed by atoms with E-state index in [1.165, 1.54) is 4.90 Å². The van der Waals surface area contributed by atoms with Crippen LogP contribution in [0.4, 0.5) is 5.69 Å². The maximum atomic E-state index is 12.6. The van der Waals surface area contributed by atoms with Crippen molar-refractivity contribution in [1.82, 2.24) is 5.32 Å². The second-order valence-electron chi connectivity index (χ2n) is 5.64. The molecule has 1 aliphatic heterocycles. The molecular weight excluding hydrogens is 264 g/mol. The molecule has 114 valence electrons. The Morgan fingerprint density at radius 1 is 1.10 bits per heavy atom. The Hall–Kier alpha value is -1.68. The van der Waals surface area contributed by atoms with Crippen molar-refractivity contribution in [1.29, 1.82) is 0 Å². The molecule has 0 radical (unpaired) electrons. The molecule has 1 heterocycles. The molecule has 1 saturated heterocycles. The van der Waals surface area contributed by atoms with Crippen molar-refractivity contribution >= 4 is 17.5 Å². The van der Waals surface area contributed by atoms with Crippen LogP contribution in [-0.4, -0.2) is 23.4 Å². The summed E-state index contributed by atoms with van der Waals surface area (Å²) in [7, 11) is 0. The lowest BCUT2D eigenvalue weighted by molar-refractivity contribution is -0.121. The molecule has 0 spiro atoms. The molecule has 21 heavy (non-hydrogen) atoms. The van der Waals surface area contributed by atoms with Gasteiger partial charge in [-0.25, -0.2) is 4.90 Å². The number of nitrogens with zero attached hydrogens (tertiary/aromatic N) is 1. The molecule has 1 unspecified atom stereocenters. The number of carbonyl (C=O) groups excluding carboxylic acids is 2. The molecule has 0 aromatic heterocycles. The van der Waals surface area contributed by atoms with Crippen LogP contribution < -0.4 is 10.2 Å². The molecule has 1 atom stereocenters. The Kier molecular flexibility index (Phi) is 4.78. The van der Waals surface area contributed by atoms with Gasteiger partial charge in [0.25, 0.3) is 5.91 Å². The molecule has 1 N–H and O–H groups in total. The van der Waals surface area contributed by atoms with Crippen LogP contribution in [0.5, 0.6) is 0 Å². The van der Waals surface area contributed by atoms with Gasteiger partial charge in [-0.1, -0.05) is 39.0 Å². The standard InChI is InChI=1S/C17H24N2O2/c1-4-17(5-2,6-3)18-14-12-15(20)19(16(14)21)13-10-8-7-9-11-13/h7-11,14,18H,4-6,12H2,1-3H3. The Morgan fingerprint density at radius 3 is 2.19 bits per heavy atom. The highest BCUT2D eigenvalue weighted by Gasteiger charge is 2.42. The molecule has 0 saturated carbocycles. The summed E-state index contributed by atoms with van der Waals surface area (Å²) in [5, 5.41) is 3.45. The Labute approximate surface area is 126 Å². The van der Waals surface area contributed by atoms with E-state index in [2.05, 4.69) is 26.1 Å². The summed E-state index contributed by atoms with van der Waals surface area (Å²) in [6.45, 7) is 6.36. The van der Waals surface area contributed by atoms with E-state index in [0.29, 0.717) is 5.69 Å². The van der Waals surface area contributed by atoms with E-state index in [0.717, 1.165) is 19.3 Å². The minimum absolute atomic E-state index is 0.0622. The van der Waals surface area contributed by atoms with Crippen molar-refractivity contribution in [3.05, 3.63) is 30.3 Å². The lowest BCUT2D eigenvalue weighted by Crippen LogP contribution is -2.52. The van der Waals surface area contributed by atoms with Crippen molar-refractivity contribution in [2.24, 2.45) is 0 Å². The highest BCUT2D eigenvalue weighted by atomic mass is 16.2. The first-order valence-corrected chi connectivity index (χ1v) is 7.76. The smallest absolute Gasteiger partial charge is 0.251 e. The maximum absolute atomic E-state index is 12.6. The summed E-state index contributed by atoms with van der Waals surface area (Å²) in [6.07, 6.45) is 3.09. The van der Waals surface area contributed by atoms with Gasteiger partial charge in [0.05, 0.1) is 18.2 Å². The number of hydrogen-bond donors (Lipinski definition) is 1. The molecule has 4 heteroatoms. The normalized spacial score (nSPS) is 19.4. The quantitative estimate of drug-likeness (QED) is 0.819. The fourth-order valence-electron chi connectivity index (χ4n) is 3.02. The van der Waals surface area contributed by atoms with Gasteiger partial charge in [0, 0.05) is 5.54 Å². The third-order valence-corrected chi connectivity index (χ3v) is 4.67. The van der Waals surface area contributed by atoms with E-state index in [-0.39, 0.29) is 23.8 Å². The van der Waals surface area contributed by atoms with Crippen LogP contribution in [0.15, 0.2) is 30.3 Å². The van der Waals surface area contributed by atoms with Gasteiger partial charge in [0.2, 0.25) is 5.91 Å². The molecule has 1 aromatic rings. The summed E-state index contributed by atoms with van der Waals surface area (Å²) < 4.78 is 0. The number of rotatable bonds is 6. The van der Waals surface area contributed by atoms with Gasteiger partial charge in [-0.2, -0.15) is 0 Å². The van der Waals surface area contributed by atoms with Gasteiger partial charge in [-0.05, 0) is 31.4 Å². The Balaban J connectivity index is 2.19. The summed E-state index contributed by atoms with van der Waals surface area (Å²) >= 11 is 0. The second kappa shape index (κ2) is 6.39. The van der Waals surface area contributed by atoms with Crippen molar-refractivity contribution in [3.63, 3.8) is 0 Å². The van der Waals surface area contributed by atoms with Crippen LogP contribution in [0.1, 0.15) is 46.5 Å². The SMILES string of the molecule is CCC(CC)(CC)NC1CC(=O)N(c2ccccc2)C1=O. The lowest BCUT2D eigenvalue weighted by atomic mass is 9.88. The zero-order chi connectivity index (χ0) is 15.5. The van der Waals surface area contributed by atoms with Crippen molar-refractivity contribution in [2.75, 3.05) is 4.90 Å². The molecule has 2 amide bonds. The molecule has 1 aromatic carbocycles. The molecule has 1 fully saturated rings. The number of nitrogens with one attached hydrogen (secondary N) is 1. The van der Waals surface area contributed by atoms with Crippen LogP contribution in [0, 0.1) is 0 Å². The monoisotopic (exact) mass is 288 g/mol. The number of amides is 2. The van der Waals surface area contributed by atoms with E-state index in [1.807, 2.05) is 18.2 Å². The first-order chi connectivity index (χ1) is 10.1.